The minimum absolute atomic E-state index is 0.0548. The van der Waals surface area contributed by atoms with Crippen molar-refractivity contribution in [3.8, 4) is 5.75 Å². The Bertz CT molecular complexity index is 976. The number of rotatable bonds is 10. The predicted octanol–water partition coefficient (Wildman–Crippen LogP) is 2.97. The molecule has 182 valence electrons. The van der Waals surface area contributed by atoms with E-state index in [1.807, 2.05) is 36.5 Å². The largest absolute Gasteiger partial charge is 0.497 e. The molecule has 0 saturated carbocycles. The summed E-state index contributed by atoms with van der Waals surface area (Å²) in [5, 5.41) is 0. The summed E-state index contributed by atoms with van der Waals surface area (Å²) in [6, 6.07) is 11.8. The van der Waals surface area contributed by atoms with Crippen molar-refractivity contribution in [2.45, 2.75) is 37.8 Å². The molecule has 34 heavy (non-hydrogen) atoms. The molecular formula is C26H34N4O4. The van der Waals surface area contributed by atoms with Crippen molar-refractivity contribution >= 4 is 11.9 Å². The Morgan fingerprint density at radius 2 is 1.82 bits per heavy atom. The number of aromatic nitrogens is 1. The highest BCUT2D eigenvalue weighted by Gasteiger charge is 2.57. The molecule has 0 aliphatic carbocycles. The van der Waals surface area contributed by atoms with Crippen molar-refractivity contribution in [1.82, 2.24) is 19.7 Å². The van der Waals surface area contributed by atoms with Crippen LogP contribution in [0.25, 0.3) is 0 Å². The molecule has 1 aromatic heterocycles. The van der Waals surface area contributed by atoms with E-state index in [0.717, 1.165) is 43.8 Å². The summed E-state index contributed by atoms with van der Waals surface area (Å²) in [4.78, 5) is 36.7. The maximum Gasteiger partial charge on any atom is 0.327 e. The average molecular weight is 467 g/mol. The van der Waals surface area contributed by atoms with Gasteiger partial charge in [0.1, 0.15) is 11.3 Å². The highest BCUT2D eigenvalue weighted by Crippen LogP contribution is 2.37. The summed E-state index contributed by atoms with van der Waals surface area (Å²) in [5.74, 6) is 0.788. The molecule has 2 fully saturated rings. The molecule has 0 bridgehead atoms. The van der Waals surface area contributed by atoms with Crippen LogP contribution in [0.1, 0.15) is 30.4 Å². The van der Waals surface area contributed by atoms with Crippen LogP contribution in [0, 0.1) is 0 Å². The number of hydrogen-bond acceptors (Lipinski definition) is 6. The van der Waals surface area contributed by atoms with Gasteiger partial charge in [-0.25, -0.2) is 4.79 Å². The minimum atomic E-state index is -0.769. The molecule has 4 rings (SSSR count). The zero-order valence-corrected chi connectivity index (χ0v) is 20.1. The first-order chi connectivity index (χ1) is 16.6. The van der Waals surface area contributed by atoms with Crippen molar-refractivity contribution in [2.75, 3.05) is 47.0 Å². The van der Waals surface area contributed by atoms with Crippen LogP contribution in [0.2, 0.25) is 0 Å². The number of nitrogens with zero attached hydrogens (tertiary/aromatic N) is 4. The lowest BCUT2D eigenvalue weighted by molar-refractivity contribution is -0.136. The monoisotopic (exact) mass is 466 g/mol. The van der Waals surface area contributed by atoms with Crippen LogP contribution < -0.4 is 4.74 Å². The van der Waals surface area contributed by atoms with Crippen LogP contribution in [0.4, 0.5) is 4.79 Å². The SMILES string of the molecule is COCCN1C(=O)N(CCCc2cccnc2)C(=O)C12CCN(Cc1cccc(OC)c1)CC2. The molecule has 8 nitrogen and oxygen atoms in total. The molecule has 2 aliphatic rings. The lowest BCUT2D eigenvalue weighted by Gasteiger charge is -2.42. The molecule has 1 aromatic carbocycles. The predicted molar refractivity (Wildman–Crippen MR) is 128 cm³/mol. The van der Waals surface area contributed by atoms with Crippen LogP contribution >= 0.6 is 0 Å². The molecule has 0 N–H and O–H groups in total. The van der Waals surface area contributed by atoms with Gasteiger partial charge in [0.2, 0.25) is 0 Å². The first-order valence-corrected chi connectivity index (χ1v) is 11.9. The fraction of sp³-hybridized carbons (Fsp3) is 0.500. The lowest BCUT2D eigenvalue weighted by atomic mass is 9.85. The van der Waals surface area contributed by atoms with Crippen LogP contribution in [-0.4, -0.2) is 84.2 Å². The molecule has 1 spiro atoms. The van der Waals surface area contributed by atoms with E-state index >= 15 is 0 Å². The summed E-state index contributed by atoms with van der Waals surface area (Å²) in [6.45, 7) is 3.56. The van der Waals surface area contributed by atoms with Crippen molar-refractivity contribution in [1.29, 1.82) is 0 Å². The zero-order valence-electron chi connectivity index (χ0n) is 20.1. The second-order valence-corrected chi connectivity index (χ2v) is 9.01. The first kappa shape index (κ1) is 24.2. The molecule has 2 aromatic rings. The molecule has 2 saturated heterocycles. The third-order valence-electron chi connectivity index (χ3n) is 6.93. The molecular weight excluding hydrogens is 432 g/mol. The highest BCUT2D eigenvalue weighted by molar-refractivity contribution is 6.07. The summed E-state index contributed by atoms with van der Waals surface area (Å²) in [5.41, 5.74) is 1.52. The first-order valence-electron chi connectivity index (χ1n) is 11.9. The molecule has 3 heterocycles. The summed E-state index contributed by atoms with van der Waals surface area (Å²) in [7, 11) is 3.29. The number of urea groups is 1. The fourth-order valence-corrected chi connectivity index (χ4v) is 5.05. The van der Waals surface area contributed by atoms with Crippen LogP contribution in [0.5, 0.6) is 5.75 Å². The minimum Gasteiger partial charge on any atom is -0.497 e. The van der Waals surface area contributed by atoms with E-state index in [2.05, 4.69) is 16.0 Å². The Hall–Kier alpha value is -2.97. The molecule has 2 aliphatic heterocycles. The Labute approximate surface area is 201 Å². The van der Waals surface area contributed by atoms with Gasteiger partial charge in [0.05, 0.1) is 13.7 Å². The number of piperidine rings is 1. The van der Waals surface area contributed by atoms with Gasteiger partial charge in [-0.3, -0.25) is 19.6 Å². The van der Waals surface area contributed by atoms with E-state index in [4.69, 9.17) is 9.47 Å². The molecule has 0 atom stereocenters. The van der Waals surface area contributed by atoms with Gasteiger partial charge in [0, 0.05) is 52.2 Å². The van der Waals surface area contributed by atoms with Gasteiger partial charge < -0.3 is 14.4 Å². The maximum absolute atomic E-state index is 13.6. The highest BCUT2D eigenvalue weighted by atomic mass is 16.5. The Kier molecular flexibility index (Phi) is 7.80. The molecule has 0 unspecified atom stereocenters. The van der Waals surface area contributed by atoms with Gasteiger partial charge in [-0.2, -0.15) is 0 Å². The summed E-state index contributed by atoms with van der Waals surface area (Å²) in [6.07, 6.45) is 6.34. The normalized spacial score (nSPS) is 18.2. The average Bonchev–Trinajstić information content (AvgIpc) is 3.05. The lowest BCUT2D eigenvalue weighted by Crippen LogP contribution is -2.57. The molecule has 8 heteroatoms. The number of imide groups is 1. The van der Waals surface area contributed by atoms with Gasteiger partial charge in [-0.1, -0.05) is 18.2 Å². The topological polar surface area (TPSA) is 75.2 Å². The summed E-state index contributed by atoms with van der Waals surface area (Å²) >= 11 is 0. The van der Waals surface area contributed by atoms with Crippen molar-refractivity contribution in [3.05, 3.63) is 59.9 Å². The van der Waals surface area contributed by atoms with Crippen LogP contribution in [0.15, 0.2) is 48.8 Å². The number of methoxy groups -OCH3 is 2. The number of amides is 3. The smallest absolute Gasteiger partial charge is 0.327 e. The van der Waals surface area contributed by atoms with Gasteiger partial charge in [-0.05, 0) is 55.0 Å². The maximum atomic E-state index is 13.6. The zero-order chi connectivity index (χ0) is 24.0. The standard InChI is InChI=1S/C26H34N4O4/c1-33-17-16-30-25(32)29(13-5-8-21-7-4-12-27-19-21)24(31)26(30)10-14-28(15-11-26)20-22-6-3-9-23(18-22)34-2/h3-4,6-7,9,12,18-19H,5,8,10-11,13-17,20H2,1-2H3. The van der Waals surface area contributed by atoms with E-state index in [1.54, 1.807) is 25.3 Å². The fourth-order valence-electron chi connectivity index (χ4n) is 5.05. The number of hydrogen-bond donors (Lipinski definition) is 0. The van der Waals surface area contributed by atoms with E-state index in [1.165, 1.54) is 10.5 Å². The summed E-state index contributed by atoms with van der Waals surface area (Å²) < 4.78 is 10.6. The van der Waals surface area contributed by atoms with Crippen molar-refractivity contribution in [2.24, 2.45) is 0 Å². The number of ether oxygens (including phenoxy) is 2. The van der Waals surface area contributed by atoms with Gasteiger partial charge in [-0.15, -0.1) is 0 Å². The Morgan fingerprint density at radius 1 is 1.03 bits per heavy atom. The second kappa shape index (κ2) is 11.0. The van der Waals surface area contributed by atoms with Crippen LogP contribution in [0.3, 0.4) is 0 Å². The van der Waals surface area contributed by atoms with Gasteiger partial charge >= 0.3 is 6.03 Å². The van der Waals surface area contributed by atoms with Crippen molar-refractivity contribution < 1.29 is 19.1 Å². The van der Waals surface area contributed by atoms with Gasteiger partial charge in [0.25, 0.3) is 5.91 Å². The number of benzene rings is 1. The third kappa shape index (κ3) is 5.08. The van der Waals surface area contributed by atoms with E-state index in [9.17, 15) is 9.59 Å². The van der Waals surface area contributed by atoms with Crippen molar-refractivity contribution in [3.63, 3.8) is 0 Å². The number of aryl methyl sites for hydroxylation is 1. The second-order valence-electron chi connectivity index (χ2n) is 9.01. The number of carbonyl (C=O) groups excluding carboxylic acids is 2. The molecule has 3 amide bonds. The van der Waals surface area contributed by atoms with Crippen LogP contribution in [-0.2, 0) is 22.5 Å². The number of pyridine rings is 1. The Morgan fingerprint density at radius 3 is 2.53 bits per heavy atom. The number of likely N-dealkylation sites (tertiary alicyclic amines) is 1. The van der Waals surface area contributed by atoms with Gasteiger partial charge in [0.15, 0.2) is 0 Å². The quantitative estimate of drug-likeness (QED) is 0.501. The molecule has 0 radical (unpaired) electrons. The van der Waals surface area contributed by atoms with E-state index in [0.29, 0.717) is 32.5 Å². The number of carbonyl (C=O) groups is 2. The van der Waals surface area contributed by atoms with E-state index in [-0.39, 0.29) is 11.9 Å². The Balaban J connectivity index is 1.42. The van der Waals surface area contributed by atoms with E-state index < -0.39 is 5.54 Å². The third-order valence-corrected chi connectivity index (χ3v) is 6.93.